The lowest BCUT2D eigenvalue weighted by molar-refractivity contribution is -0.154. The molecule has 0 bridgehead atoms. The van der Waals surface area contributed by atoms with Gasteiger partial charge < -0.3 is 9.47 Å². The molecule has 1 rings (SSSR count). The minimum Gasteiger partial charge on any atom is -0.468 e. The van der Waals surface area contributed by atoms with Crippen LogP contribution in [0.3, 0.4) is 0 Å². The Morgan fingerprint density at radius 1 is 1.39 bits per heavy atom. The fourth-order valence-electron chi connectivity index (χ4n) is 1.02. The van der Waals surface area contributed by atoms with Crippen molar-refractivity contribution < 1.29 is 27.4 Å². The van der Waals surface area contributed by atoms with E-state index in [4.69, 9.17) is 4.74 Å². The van der Waals surface area contributed by atoms with Gasteiger partial charge in [0.15, 0.2) is 6.61 Å². The SMILES string of the molecule is CCCOC(=O)c1ccc(OCC(F)(F)F)nc1. The van der Waals surface area contributed by atoms with Gasteiger partial charge >= 0.3 is 12.1 Å². The Kier molecular flexibility index (Phi) is 4.94. The summed E-state index contributed by atoms with van der Waals surface area (Å²) in [5.74, 6) is -0.758. The van der Waals surface area contributed by atoms with Crippen LogP contribution in [0, 0.1) is 0 Å². The Bertz CT molecular complexity index is 390. The van der Waals surface area contributed by atoms with Crippen LogP contribution in [-0.2, 0) is 4.74 Å². The van der Waals surface area contributed by atoms with Gasteiger partial charge in [0.25, 0.3) is 0 Å². The molecule has 1 aromatic heterocycles. The highest BCUT2D eigenvalue weighted by Crippen LogP contribution is 2.17. The second kappa shape index (κ2) is 6.23. The number of rotatable bonds is 5. The molecule has 0 fully saturated rings. The van der Waals surface area contributed by atoms with Gasteiger partial charge in [0, 0.05) is 12.3 Å². The summed E-state index contributed by atoms with van der Waals surface area (Å²) < 4.78 is 44.8. The largest absolute Gasteiger partial charge is 0.468 e. The third-order valence-electron chi connectivity index (χ3n) is 1.79. The lowest BCUT2D eigenvalue weighted by atomic mass is 10.3. The van der Waals surface area contributed by atoms with Crippen LogP contribution in [0.15, 0.2) is 18.3 Å². The first-order valence-electron chi connectivity index (χ1n) is 5.25. The molecular weight excluding hydrogens is 251 g/mol. The average molecular weight is 263 g/mol. The number of hydrogen-bond acceptors (Lipinski definition) is 4. The number of aromatic nitrogens is 1. The van der Waals surface area contributed by atoms with E-state index < -0.39 is 18.8 Å². The number of esters is 1. The molecule has 100 valence electrons. The van der Waals surface area contributed by atoms with Gasteiger partial charge in [-0.15, -0.1) is 0 Å². The Labute approximate surface area is 102 Å². The standard InChI is InChI=1S/C11H12F3NO3/c1-2-5-17-10(16)8-3-4-9(15-6-8)18-7-11(12,13)14/h3-4,6H,2,5,7H2,1H3. The lowest BCUT2D eigenvalue weighted by Gasteiger charge is -2.08. The van der Waals surface area contributed by atoms with E-state index >= 15 is 0 Å². The number of halogens is 3. The van der Waals surface area contributed by atoms with E-state index in [1.807, 2.05) is 6.92 Å². The molecule has 0 N–H and O–H groups in total. The molecule has 0 spiro atoms. The minimum absolute atomic E-state index is 0.169. The highest BCUT2D eigenvalue weighted by atomic mass is 19.4. The summed E-state index contributed by atoms with van der Waals surface area (Å²) in [5.41, 5.74) is 0.169. The fraction of sp³-hybridized carbons (Fsp3) is 0.455. The first kappa shape index (κ1) is 14.3. The molecule has 0 radical (unpaired) electrons. The first-order chi connectivity index (χ1) is 8.42. The van der Waals surface area contributed by atoms with Crippen molar-refractivity contribution in [3.05, 3.63) is 23.9 Å². The van der Waals surface area contributed by atoms with Crippen LogP contribution in [0.4, 0.5) is 13.2 Å². The van der Waals surface area contributed by atoms with Gasteiger partial charge in [-0.05, 0) is 12.5 Å². The summed E-state index contributed by atoms with van der Waals surface area (Å²) >= 11 is 0. The molecule has 0 aliphatic rings. The Morgan fingerprint density at radius 2 is 2.11 bits per heavy atom. The van der Waals surface area contributed by atoms with E-state index in [-0.39, 0.29) is 18.1 Å². The molecule has 0 aliphatic carbocycles. The number of carbonyl (C=O) groups excluding carboxylic acids is 1. The molecule has 4 nitrogen and oxygen atoms in total. The van der Waals surface area contributed by atoms with Crippen LogP contribution in [-0.4, -0.2) is 30.3 Å². The number of ether oxygens (including phenoxy) is 2. The number of hydrogen-bond donors (Lipinski definition) is 0. The van der Waals surface area contributed by atoms with Gasteiger partial charge in [0.2, 0.25) is 5.88 Å². The normalized spacial score (nSPS) is 11.1. The van der Waals surface area contributed by atoms with Crippen molar-refractivity contribution >= 4 is 5.97 Å². The zero-order valence-electron chi connectivity index (χ0n) is 9.66. The van der Waals surface area contributed by atoms with Crippen molar-refractivity contribution in [1.82, 2.24) is 4.98 Å². The van der Waals surface area contributed by atoms with Crippen LogP contribution >= 0.6 is 0 Å². The fourth-order valence-corrected chi connectivity index (χ4v) is 1.02. The van der Waals surface area contributed by atoms with Crippen LogP contribution in [0.2, 0.25) is 0 Å². The van der Waals surface area contributed by atoms with E-state index in [1.165, 1.54) is 12.1 Å². The third-order valence-corrected chi connectivity index (χ3v) is 1.79. The summed E-state index contributed by atoms with van der Waals surface area (Å²) in [5, 5.41) is 0. The van der Waals surface area contributed by atoms with E-state index in [1.54, 1.807) is 0 Å². The van der Waals surface area contributed by atoms with Gasteiger partial charge in [-0.1, -0.05) is 6.92 Å². The monoisotopic (exact) mass is 263 g/mol. The van der Waals surface area contributed by atoms with Crippen molar-refractivity contribution in [3.63, 3.8) is 0 Å². The van der Waals surface area contributed by atoms with Crippen molar-refractivity contribution in [1.29, 1.82) is 0 Å². The van der Waals surface area contributed by atoms with E-state index in [9.17, 15) is 18.0 Å². The second-order valence-corrected chi connectivity index (χ2v) is 3.42. The Balaban J connectivity index is 2.54. The summed E-state index contributed by atoms with van der Waals surface area (Å²) in [6.07, 6.45) is -2.62. The van der Waals surface area contributed by atoms with Crippen molar-refractivity contribution in [3.8, 4) is 5.88 Å². The number of nitrogens with zero attached hydrogens (tertiary/aromatic N) is 1. The molecule has 0 saturated heterocycles. The molecule has 0 aliphatic heterocycles. The number of alkyl halides is 3. The van der Waals surface area contributed by atoms with Crippen molar-refractivity contribution in [2.75, 3.05) is 13.2 Å². The highest BCUT2D eigenvalue weighted by molar-refractivity contribution is 5.89. The molecular formula is C11H12F3NO3. The summed E-state index contributed by atoms with van der Waals surface area (Å²) in [4.78, 5) is 14.9. The van der Waals surface area contributed by atoms with Crippen molar-refractivity contribution in [2.45, 2.75) is 19.5 Å². The smallest absolute Gasteiger partial charge is 0.422 e. The molecule has 0 unspecified atom stereocenters. The number of pyridine rings is 1. The van der Waals surface area contributed by atoms with Gasteiger partial charge in [-0.3, -0.25) is 0 Å². The summed E-state index contributed by atoms with van der Waals surface area (Å²) in [7, 11) is 0. The molecule has 0 saturated carbocycles. The summed E-state index contributed by atoms with van der Waals surface area (Å²) in [6, 6.07) is 2.49. The van der Waals surface area contributed by atoms with Crippen LogP contribution in [0.5, 0.6) is 5.88 Å². The first-order valence-corrected chi connectivity index (χ1v) is 5.25. The minimum atomic E-state index is -4.42. The van der Waals surface area contributed by atoms with Gasteiger partial charge in [0.05, 0.1) is 12.2 Å². The molecule has 1 heterocycles. The van der Waals surface area contributed by atoms with Crippen LogP contribution < -0.4 is 4.74 Å². The maximum absolute atomic E-state index is 11.9. The van der Waals surface area contributed by atoms with Crippen LogP contribution in [0.1, 0.15) is 23.7 Å². The predicted molar refractivity (Wildman–Crippen MR) is 56.4 cm³/mol. The molecule has 7 heteroatoms. The van der Waals surface area contributed by atoms with Gasteiger partial charge in [0.1, 0.15) is 0 Å². The van der Waals surface area contributed by atoms with Crippen LogP contribution in [0.25, 0.3) is 0 Å². The summed E-state index contributed by atoms with van der Waals surface area (Å²) in [6.45, 7) is 0.713. The van der Waals surface area contributed by atoms with Crippen molar-refractivity contribution in [2.24, 2.45) is 0 Å². The maximum Gasteiger partial charge on any atom is 0.422 e. The second-order valence-electron chi connectivity index (χ2n) is 3.42. The van der Waals surface area contributed by atoms with E-state index in [0.29, 0.717) is 6.42 Å². The number of carbonyl (C=O) groups is 1. The molecule has 1 aromatic rings. The van der Waals surface area contributed by atoms with Gasteiger partial charge in [-0.25, -0.2) is 9.78 Å². The Morgan fingerprint density at radius 3 is 2.61 bits per heavy atom. The zero-order chi connectivity index (χ0) is 13.6. The predicted octanol–water partition coefficient (Wildman–Crippen LogP) is 2.59. The molecule has 0 atom stereocenters. The third kappa shape index (κ3) is 5.03. The highest BCUT2D eigenvalue weighted by Gasteiger charge is 2.28. The maximum atomic E-state index is 11.9. The lowest BCUT2D eigenvalue weighted by Crippen LogP contribution is -2.19. The molecule has 0 amide bonds. The molecule has 18 heavy (non-hydrogen) atoms. The quantitative estimate of drug-likeness (QED) is 0.766. The molecule has 0 aromatic carbocycles. The Hall–Kier alpha value is -1.79. The van der Waals surface area contributed by atoms with E-state index in [2.05, 4.69) is 9.72 Å². The zero-order valence-corrected chi connectivity index (χ0v) is 9.66. The van der Waals surface area contributed by atoms with E-state index in [0.717, 1.165) is 6.20 Å². The topological polar surface area (TPSA) is 48.4 Å². The van der Waals surface area contributed by atoms with Gasteiger partial charge in [-0.2, -0.15) is 13.2 Å². The average Bonchev–Trinajstić information content (AvgIpc) is 2.33.